The lowest BCUT2D eigenvalue weighted by molar-refractivity contribution is -0.117. The zero-order valence-electron chi connectivity index (χ0n) is 11.1. The molecule has 0 heterocycles. The molecule has 0 unspecified atom stereocenters. The molecule has 0 atom stereocenters. The number of hydrogen-bond donors (Lipinski definition) is 1. The molecule has 0 radical (unpaired) electrons. The van der Waals surface area contributed by atoms with E-state index in [1.165, 1.54) is 0 Å². The second-order valence-corrected chi connectivity index (χ2v) is 4.04. The van der Waals surface area contributed by atoms with E-state index in [1.807, 2.05) is 50.3 Å². The molecule has 1 aromatic carbocycles. The fourth-order valence-electron chi connectivity index (χ4n) is 1.52. The molecule has 1 N–H and O–H groups in total. The van der Waals surface area contributed by atoms with Gasteiger partial charge in [0.15, 0.2) is 0 Å². The van der Waals surface area contributed by atoms with E-state index in [-0.39, 0.29) is 5.91 Å². The third kappa shape index (κ3) is 5.64. The average molecular weight is 247 g/mol. The summed E-state index contributed by atoms with van der Waals surface area (Å²) in [6, 6.07) is 9.83. The highest BCUT2D eigenvalue weighted by Crippen LogP contribution is 2.05. The molecule has 1 aromatic rings. The van der Waals surface area contributed by atoms with Gasteiger partial charge in [-0.1, -0.05) is 30.3 Å². The van der Waals surface area contributed by atoms with Crippen LogP contribution in [0.15, 0.2) is 35.9 Å². The van der Waals surface area contributed by atoms with Crippen molar-refractivity contribution in [2.45, 2.75) is 20.3 Å². The second kappa shape index (κ2) is 8.48. The maximum Gasteiger partial charge on any atom is 0.246 e. The van der Waals surface area contributed by atoms with Gasteiger partial charge < -0.3 is 10.1 Å². The zero-order valence-corrected chi connectivity index (χ0v) is 11.1. The fraction of sp³-hybridized carbons (Fsp3) is 0.400. The summed E-state index contributed by atoms with van der Waals surface area (Å²) < 4.78 is 5.21. The van der Waals surface area contributed by atoms with E-state index in [1.54, 1.807) is 0 Å². The first-order valence-electron chi connectivity index (χ1n) is 6.33. The second-order valence-electron chi connectivity index (χ2n) is 4.04. The Morgan fingerprint density at radius 2 is 2.06 bits per heavy atom. The predicted octanol–water partition coefficient (Wildman–Crippen LogP) is 2.63. The number of ether oxygens (including phenoxy) is 1. The third-order valence-corrected chi connectivity index (χ3v) is 2.50. The minimum atomic E-state index is -0.0182. The molecule has 0 saturated heterocycles. The standard InChI is InChI=1S/C15H21NO2/c1-3-18-11-7-10-16-15(17)13(2)12-14-8-5-4-6-9-14/h4-6,8-9,12H,3,7,10-11H2,1-2H3,(H,16,17)/b13-12-. The number of nitrogens with one attached hydrogen (secondary N) is 1. The third-order valence-electron chi connectivity index (χ3n) is 2.50. The van der Waals surface area contributed by atoms with Gasteiger partial charge in [0.1, 0.15) is 0 Å². The quantitative estimate of drug-likeness (QED) is 0.594. The summed E-state index contributed by atoms with van der Waals surface area (Å²) in [7, 11) is 0. The van der Waals surface area contributed by atoms with Crippen molar-refractivity contribution < 1.29 is 9.53 Å². The van der Waals surface area contributed by atoms with Gasteiger partial charge in [-0.25, -0.2) is 0 Å². The topological polar surface area (TPSA) is 38.3 Å². The molecule has 0 bridgehead atoms. The molecule has 1 rings (SSSR count). The lowest BCUT2D eigenvalue weighted by Crippen LogP contribution is -2.25. The van der Waals surface area contributed by atoms with Crippen molar-refractivity contribution in [1.82, 2.24) is 5.32 Å². The molecule has 0 aromatic heterocycles. The monoisotopic (exact) mass is 247 g/mol. The highest BCUT2D eigenvalue weighted by atomic mass is 16.5. The fourth-order valence-corrected chi connectivity index (χ4v) is 1.52. The van der Waals surface area contributed by atoms with Crippen LogP contribution in [0.1, 0.15) is 25.8 Å². The van der Waals surface area contributed by atoms with Gasteiger partial charge >= 0.3 is 0 Å². The summed E-state index contributed by atoms with van der Waals surface area (Å²) in [5.41, 5.74) is 1.76. The minimum Gasteiger partial charge on any atom is -0.382 e. The molecule has 18 heavy (non-hydrogen) atoms. The predicted molar refractivity (Wildman–Crippen MR) is 74.2 cm³/mol. The molecule has 3 heteroatoms. The minimum absolute atomic E-state index is 0.0182. The molecule has 98 valence electrons. The summed E-state index contributed by atoms with van der Waals surface area (Å²) in [5.74, 6) is -0.0182. The Bertz CT molecular complexity index is 385. The van der Waals surface area contributed by atoms with Crippen molar-refractivity contribution in [1.29, 1.82) is 0 Å². The van der Waals surface area contributed by atoms with Crippen LogP contribution in [0, 0.1) is 0 Å². The molecule has 0 aliphatic rings. The van der Waals surface area contributed by atoms with E-state index in [9.17, 15) is 4.79 Å². The van der Waals surface area contributed by atoms with Crippen molar-refractivity contribution >= 4 is 12.0 Å². The molecule has 1 amide bonds. The highest BCUT2D eigenvalue weighted by molar-refractivity contribution is 5.97. The van der Waals surface area contributed by atoms with E-state index < -0.39 is 0 Å². The van der Waals surface area contributed by atoms with Gasteiger partial charge in [-0.15, -0.1) is 0 Å². The van der Waals surface area contributed by atoms with Crippen LogP contribution in [0.25, 0.3) is 6.08 Å². The van der Waals surface area contributed by atoms with Gasteiger partial charge in [0.2, 0.25) is 5.91 Å². The normalized spacial score (nSPS) is 11.3. The summed E-state index contributed by atoms with van der Waals surface area (Å²) >= 11 is 0. The van der Waals surface area contributed by atoms with Crippen LogP contribution < -0.4 is 5.32 Å². The van der Waals surface area contributed by atoms with Gasteiger partial charge in [-0.05, 0) is 31.9 Å². The zero-order chi connectivity index (χ0) is 13.2. The Morgan fingerprint density at radius 1 is 1.33 bits per heavy atom. The Balaban J connectivity index is 2.35. The summed E-state index contributed by atoms with van der Waals surface area (Å²) in [6.45, 7) is 5.86. The number of hydrogen-bond acceptors (Lipinski definition) is 2. The SMILES string of the molecule is CCOCCCNC(=O)/C(C)=C\c1ccccc1. The smallest absolute Gasteiger partial charge is 0.246 e. The van der Waals surface area contributed by atoms with Crippen molar-refractivity contribution in [2.24, 2.45) is 0 Å². The van der Waals surface area contributed by atoms with Crippen LogP contribution in [0.5, 0.6) is 0 Å². The molecule has 0 aliphatic heterocycles. The van der Waals surface area contributed by atoms with E-state index in [4.69, 9.17) is 4.74 Å². The number of carbonyl (C=O) groups excluding carboxylic acids is 1. The first-order valence-corrected chi connectivity index (χ1v) is 6.33. The van der Waals surface area contributed by atoms with Gasteiger partial charge in [-0.3, -0.25) is 4.79 Å². The van der Waals surface area contributed by atoms with E-state index >= 15 is 0 Å². The molecular weight excluding hydrogens is 226 g/mol. The van der Waals surface area contributed by atoms with Crippen LogP contribution in [-0.2, 0) is 9.53 Å². The largest absolute Gasteiger partial charge is 0.382 e. The Kier molecular flexibility index (Phi) is 6.81. The first kappa shape index (κ1) is 14.5. The molecule has 0 saturated carbocycles. The first-order chi connectivity index (χ1) is 8.74. The number of benzene rings is 1. The highest BCUT2D eigenvalue weighted by Gasteiger charge is 2.02. The van der Waals surface area contributed by atoms with E-state index in [0.29, 0.717) is 13.2 Å². The summed E-state index contributed by atoms with van der Waals surface area (Å²) in [4.78, 5) is 11.8. The van der Waals surface area contributed by atoms with Gasteiger partial charge in [0.05, 0.1) is 0 Å². The van der Waals surface area contributed by atoms with E-state index in [0.717, 1.165) is 24.2 Å². The lowest BCUT2D eigenvalue weighted by Gasteiger charge is -2.05. The van der Waals surface area contributed by atoms with Crippen LogP contribution in [0.3, 0.4) is 0 Å². The molecule has 3 nitrogen and oxygen atoms in total. The van der Waals surface area contributed by atoms with Gasteiger partial charge in [0.25, 0.3) is 0 Å². The van der Waals surface area contributed by atoms with Gasteiger partial charge in [-0.2, -0.15) is 0 Å². The van der Waals surface area contributed by atoms with Crippen LogP contribution in [-0.4, -0.2) is 25.7 Å². The number of amides is 1. The maximum atomic E-state index is 11.8. The summed E-state index contributed by atoms with van der Waals surface area (Å²) in [5, 5.41) is 2.87. The average Bonchev–Trinajstić information content (AvgIpc) is 2.39. The van der Waals surface area contributed by atoms with Crippen molar-refractivity contribution in [2.75, 3.05) is 19.8 Å². The Hall–Kier alpha value is -1.61. The number of rotatable bonds is 7. The number of carbonyl (C=O) groups is 1. The maximum absolute atomic E-state index is 11.8. The van der Waals surface area contributed by atoms with Crippen molar-refractivity contribution in [3.63, 3.8) is 0 Å². The van der Waals surface area contributed by atoms with Crippen molar-refractivity contribution in [3.05, 3.63) is 41.5 Å². The molecular formula is C15H21NO2. The molecule has 0 aliphatic carbocycles. The molecule has 0 spiro atoms. The van der Waals surface area contributed by atoms with Crippen LogP contribution >= 0.6 is 0 Å². The van der Waals surface area contributed by atoms with Gasteiger partial charge in [0, 0.05) is 25.3 Å². The summed E-state index contributed by atoms with van der Waals surface area (Å²) in [6.07, 6.45) is 2.73. The van der Waals surface area contributed by atoms with Crippen molar-refractivity contribution in [3.8, 4) is 0 Å². The van der Waals surface area contributed by atoms with Crippen LogP contribution in [0.4, 0.5) is 0 Å². The lowest BCUT2D eigenvalue weighted by atomic mass is 10.1. The van der Waals surface area contributed by atoms with E-state index in [2.05, 4.69) is 5.32 Å². The van der Waals surface area contributed by atoms with Crippen LogP contribution in [0.2, 0.25) is 0 Å². The molecule has 0 fully saturated rings. The Labute approximate surface area is 109 Å². The Morgan fingerprint density at radius 3 is 2.72 bits per heavy atom.